The first-order chi connectivity index (χ1) is 14.4. The fraction of sp³-hybridized carbons (Fsp3) is 0.619. The maximum Gasteiger partial charge on any atom is 0.416 e. The number of morpholine rings is 1. The van der Waals surface area contributed by atoms with E-state index in [9.17, 15) is 18.0 Å². The molecule has 1 atom stereocenters. The van der Waals surface area contributed by atoms with Crippen molar-refractivity contribution in [1.82, 2.24) is 15.5 Å². The zero-order valence-electron chi connectivity index (χ0n) is 17.2. The molecule has 1 unspecified atom stereocenters. The van der Waals surface area contributed by atoms with Gasteiger partial charge in [0.15, 0.2) is 5.96 Å². The van der Waals surface area contributed by atoms with Crippen LogP contribution in [0, 0.1) is 0 Å². The van der Waals surface area contributed by atoms with E-state index in [4.69, 9.17) is 4.74 Å². The lowest BCUT2D eigenvalue weighted by molar-refractivity contribution is -0.137. The molecule has 6 nitrogen and oxygen atoms in total. The summed E-state index contributed by atoms with van der Waals surface area (Å²) in [6.45, 7) is 4.55. The number of alkyl halides is 3. The van der Waals surface area contributed by atoms with Gasteiger partial charge in [-0.15, -0.1) is 0 Å². The molecule has 1 saturated heterocycles. The summed E-state index contributed by atoms with van der Waals surface area (Å²) >= 11 is 0. The fourth-order valence-electron chi connectivity index (χ4n) is 3.34. The van der Waals surface area contributed by atoms with E-state index in [1.54, 1.807) is 6.07 Å². The van der Waals surface area contributed by atoms with Crippen LogP contribution in [0.2, 0.25) is 0 Å². The van der Waals surface area contributed by atoms with Crippen molar-refractivity contribution in [3.8, 4) is 0 Å². The maximum absolute atomic E-state index is 13.0. The average Bonchev–Trinajstić information content (AvgIpc) is 3.54. The van der Waals surface area contributed by atoms with Crippen molar-refractivity contribution >= 4 is 11.9 Å². The van der Waals surface area contributed by atoms with E-state index < -0.39 is 17.8 Å². The zero-order chi connectivity index (χ0) is 21.6. The molecular formula is C21H29F3N4O2. The molecule has 1 aromatic rings. The Bertz CT molecular complexity index is 750. The Kier molecular flexibility index (Phi) is 7.58. The topological polar surface area (TPSA) is 66.0 Å². The number of hydrogen-bond acceptors (Lipinski definition) is 3. The van der Waals surface area contributed by atoms with Gasteiger partial charge >= 0.3 is 6.18 Å². The largest absolute Gasteiger partial charge is 0.416 e. The molecule has 2 N–H and O–H groups in total. The monoisotopic (exact) mass is 426 g/mol. The van der Waals surface area contributed by atoms with Gasteiger partial charge in [0.2, 0.25) is 5.91 Å². The van der Waals surface area contributed by atoms with E-state index in [-0.39, 0.29) is 5.91 Å². The number of carbonyl (C=O) groups excluding carboxylic acids is 1. The summed E-state index contributed by atoms with van der Waals surface area (Å²) in [5.74, 6) is 0.758. The standard InChI is InChI=1S/C21H29F3N4O2/c1-2-25-20(26-10-4-7-19(29)27-17-8-9-17)28-11-12-30-18(14-28)15-5-3-6-16(13-15)21(22,23)24/h3,5-6,13,17-18H,2,4,7-12,14H2,1H3,(H,25,26)(H,27,29). The van der Waals surface area contributed by atoms with Crippen LogP contribution in [0.1, 0.15) is 49.8 Å². The van der Waals surface area contributed by atoms with Crippen molar-refractivity contribution < 1.29 is 22.7 Å². The predicted octanol–water partition coefficient (Wildman–Crippen LogP) is 3.10. The van der Waals surface area contributed by atoms with Crippen molar-refractivity contribution in [2.24, 2.45) is 4.99 Å². The average molecular weight is 426 g/mol. The number of benzene rings is 1. The molecule has 1 amide bonds. The summed E-state index contributed by atoms with van der Waals surface area (Å²) in [6.07, 6.45) is -1.62. The number of nitrogens with one attached hydrogen (secondary N) is 2. The lowest BCUT2D eigenvalue weighted by atomic mass is 10.0. The number of ether oxygens (including phenoxy) is 1. The smallest absolute Gasteiger partial charge is 0.370 e. The van der Waals surface area contributed by atoms with E-state index in [1.165, 1.54) is 6.07 Å². The van der Waals surface area contributed by atoms with Crippen molar-refractivity contribution in [3.05, 3.63) is 35.4 Å². The number of halogens is 3. The number of guanidine groups is 1. The van der Waals surface area contributed by atoms with Gasteiger partial charge in [-0.05, 0) is 43.9 Å². The minimum Gasteiger partial charge on any atom is -0.370 e. The van der Waals surface area contributed by atoms with Crippen molar-refractivity contribution in [2.75, 3.05) is 32.8 Å². The summed E-state index contributed by atoms with van der Waals surface area (Å²) < 4.78 is 44.8. The summed E-state index contributed by atoms with van der Waals surface area (Å²) in [6, 6.07) is 5.64. The van der Waals surface area contributed by atoms with Crippen LogP contribution in [-0.4, -0.2) is 55.6 Å². The number of hydrogen-bond donors (Lipinski definition) is 2. The van der Waals surface area contributed by atoms with Gasteiger partial charge in [0.1, 0.15) is 6.10 Å². The van der Waals surface area contributed by atoms with Crippen LogP contribution in [0.4, 0.5) is 13.2 Å². The molecule has 1 aliphatic heterocycles. The molecule has 9 heteroatoms. The second-order valence-corrected chi connectivity index (χ2v) is 7.61. The Morgan fingerprint density at radius 1 is 1.33 bits per heavy atom. The van der Waals surface area contributed by atoms with Crippen LogP contribution in [0.15, 0.2) is 29.3 Å². The Morgan fingerprint density at radius 2 is 2.13 bits per heavy atom. The first-order valence-corrected chi connectivity index (χ1v) is 10.5. The zero-order valence-corrected chi connectivity index (χ0v) is 17.2. The Morgan fingerprint density at radius 3 is 2.83 bits per heavy atom. The van der Waals surface area contributed by atoms with Gasteiger partial charge in [-0.3, -0.25) is 9.79 Å². The third-order valence-corrected chi connectivity index (χ3v) is 5.05. The molecule has 1 aromatic carbocycles. The third-order valence-electron chi connectivity index (χ3n) is 5.05. The van der Waals surface area contributed by atoms with E-state index in [2.05, 4.69) is 15.6 Å². The first kappa shape index (κ1) is 22.4. The molecular weight excluding hydrogens is 397 g/mol. The molecule has 3 rings (SSSR count). The SMILES string of the molecule is CCNC(=NCCCC(=O)NC1CC1)N1CCOC(c2cccc(C(F)(F)F)c2)C1. The van der Waals surface area contributed by atoms with E-state index in [1.807, 2.05) is 11.8 Å². The lowest BCUT2D eigenvalue weighted by Crippen LogP contribution is -2.48. The number of nitrogens with zero attached hydrogens (tertiary/aromatic N) is 2. The molecule has 0 aromatic heterocycles. The van der Waals surface area contributed by atoms with Gasteiger partial charge in [-0.25, -0.2) is 0 Å². The number of amides is 1. The molecule has 30 heavy (non-hydrogen) atoms. The van der Waals surface area contributed by atoms with Crippen molar-refractivity contribution in [2.45, 2.75) is 50.9 Å². The van der Waals surface area contributed by atoms with Gasteiger partial charge in [0.05, 0.1) is 18.7 Å². The number of rotatable bonds is 7. The van der Waals surface area contributed by atoms with Gasteiger partial charge < -0.3 is 20.3 Å². The number of carbonyl (C=O) groups is 1. The molecule has 1 heterocycles. The van der Waals surface area contributed by atoms with Crippen LogP contribution in [-0.2, 0) is 15.7 Å². The molecule has 0 bridgehead atoms. The second kappa shape index (κ2) is 10.1. The van der Waals surface area contributed by atoms with Crippen molar-refractivity contribution in [1.29, 1.82) is 0 Å². The minimum atomic E-state index is -4.38. The number of aliphatic imine (C=N–C) groups is 1. The quantitative estimate of drug-likeness (QED) is 0.400. The Hall–Kier alpha value is -2.29. The fourth-order valence-corrected chi connectivity index (χ4v) is 3.34. The molecule has 0 spiro atoms. The summed E-state index contributed by atoms with van der Waals surface area (Å²) in [5.41, 5.74) is -0.173. The first-order valence-electron chi connectivity index (χ1n) is 10.5. The highest BCUT2D eigenvalue weighted by molar-refractivity contribution is 5.80. The molecule has 166 valence electrons. The summed E-state index contributed by atoms with van der Waals surface area (Å²) in [4.78, 5) is 18.4. The Balaban J connectivity index is 1.58. The molecule has 1 saturated carbocycles. The highest BCUT2D eigenvalue weighted by Crippen LogP contribution is 2.32. The van der Waals surface area contributed by atoms with E-state index in [0.717, 1.165) is 25.0 Å². The van der Waals surface area contributed by atoms with Gasteiger partial charge in [0, 0.05) is 32.1 Å². The van der Waals surface area contributed by atoms with Gasteiger partial charge in [0.25, 0.3) is 0 Å². The predicted molar refractivity (Wildman–Crippen MR) is 108 cm³/mol. The van der Waals surface area contributed by atoms with Crippen LogP contribution >= 0.6 is 0 Å². The molecule has 2 aliphatic rings. The van der Waals surface area contributed by atoms with Crippen LogP contribution < -0.4 is 10.6 Å². The van der Waals surface area contributed by atoms with E-state index in [0.29, 0.717) is 63.2 Å². The highest BCUT2D eigenvalue weighted by atomic mass is 19.4. The van der Waals surface area contributed by atoms with E-state index >= 15 is 0 Å². The van der Waals surface area contributed by atoms with Crippen LogP contribution in [0.25, 0.3) is 0 Å². The normalized spacial score (nSPS) is 20.2. The minimum absolute atomic E-state index is 0.0636. The van der Waals surface area contributed by atoms with Crippen molar-refractivity contribution in [3.63, 3.8) is 0 Å². The second-order valence-electron chi connectivity index (χ2n) is 7.61. The maximum atomic E-state index is 13.0. The van der Waals surface area contributed by atoms with Gasteiger partial charge in [-0.1, -0.05) is 12.1 Å². The lowest BCUT2D eigenvalue weighted by Gasteiger charge is -2.35. The molecule has 1 aliphatic carbocycles. The van der Waals surface area contributed by atoms with Gasteiger partial charge in [-0.2, -0.15) is 13.2 Å². The molecule has 2 fully saturated rings. The Labute approximate surface area is 174 Å². The van der Waals surface area contributed by atoms with Crippen LogP contribution in [0.5, 0.6) is 0 Å². The third kappa shape index (κ3) is 6.62. The van der Waals surface area contributed by atoms with Crippen LogP contribution in [0.3, 0.4) is 0 Å². The summed E-state index contributed by atoms with van der Waals surface area (Å²) in [7, 11) is 0. The molecule has 0 radical (unpaired) electrons. The summed E-state index contributed by atoms with van der Waals surface area (Å²) in [5, 5.41) is 6.19. The highest BCUT2D eigenvalue weighted by Gasteiger charge is 2.32.